The average molecular weight is 391 g/mol. The summed E-state index contributed by atoms with van der Waals surface area (Å²) in [4.78, 5) is 26.8. The number of carbonyl (C=O) groups is 1. The van der Waals surface area contributed by atoms with E-state index in [1.807, 2.05) is 6.08 Å². The lowest BCUT2D eigenvalue weighted by molar-refractivity contribution is -0.402. The van der Waals surface area contributed by atoms with Gasteiger partial charge in [-0.05, 0) is 18.2 Å². The van der Waals surface area contributed by atoms with Crippen molar-refractivity contribution in [2.24, 2.45) is 0 Å². The fourth-order valence-corrected chi connectivity index (χ4v) is 3.30. The maximum Gasteiger partial charge on any atom is 0.433 e. The molecule has 2 heterocycles. The van der Waals surface area contributed by atoms with Crippen LogP contribution in [0.25, 0.3) is 0 Å². The Morgan fingerprint density at radius 3 is 2.67 bits per heavy atom. The number of benzene rings is 1. The van der Waals surface area contributed by atoms with E-state index in [4.69, 9.17) is 16.0 Å². The van der Waals surface area contributed by atoms with Crippen molar-refractivity contribution in [2.75, 3.05) is 42.9 Å². The van der Waals surface area contributed by atoms with E-state index in [-0.39, 0.29) is 5.76 Å². The van der Waals surface area contributed by atoms with Crippen molar-refractivity contribution in [2.45, 2.75) is 0 Å². The minimum atomic E-state index is -0.690. The molecule has 0 spiro atoms. The fourth-order valence-electron chi connectivity index (χ4n) is 3.01. The van der Waals surface area contributed by atoms with Crippen LogP contribution in [0.5, 0.6) is 0 Å². The second-order valence-corrected chi connectivity index (χ2v) is 6.47. The number of anilines is 2. The Labute approximate surface area is 161 Å². The Hall–Kier alpha value is -2.84. The van der Waals surface area contributed by atoms with Crippen molar-refractivity contribution in [3.8, 4) is 0 Å². The van der Waals surface area contributed by atoms with E-state index in [1.54, 1.807) is 18.2 Å². The van der Waals surface area contributed by atoms with Gasteiger partial charge in [0.25, 0.3) is 5.91 Å². The van der Waals surface area contributed by atoms with Gasteiger partial charge in [0.15, 0.2) is 5.76 Å². The largest absolute Gasteiger partial charge is 0.433 e. The van der Waals surface area contributed by atoms with E-state index in [0.29, 0.717) is 10.7 Å². The van der Waals surface area contributed by atoms with Gasteiger partial charge in [-0.25, -0.2) is 0 Å². The third kappa shape index (κ3) is 4.29. The summed E-state index contributed by atoms with van der Waals surface area (Å²) in [6, 6.07) is 7.66. The Bertz CT molecular complexity index is 859. The number of rotatable bonds is 6. The van der Waals surface area contributed by atoms with Crippen LogP contribution in [0.1, 0.15) is 10.6 Å². The van der Waals surface area contributed by atoms with Gasteiger partial charge in [0.05, 0.1) is 22.5 Å². The number of furan rings is 1. The zero-order valence-electron chi connectivity index (χ0n) is 14.6. The van der Waals surface area contributed by atoms with Crippen LogP contribution in [-0.4, -0.2) is 48.5 Å². The number of nitrogens with zero attached hydrogens (tertiary/aromatic N) is 3. The Balaban J connectivity index is 1.78. The van der Waals surface area contributed by atoms with Gasteiger partial charge in [0.2, 0.25) is 0 Å². The number of carbonyl (C=O) groups excluding carboxylic acids is 1. The van der Waals surface area contributed by atoms with Crippen molar-refractivity contribution in [1.82, 2.24) is 4.90 Å². The molecule has 1 aromatic heterocycles. The summed E-state index contributed by atoms with van der Waals surface area (Å²) in [6.45, 7) is 7.82. The Morgan fingerprint density at radius 2 is 2.04 bits per heavy atom. The van der Waals surface area contributed by atoms with Crippen LogP contribution in [0.4, 0.5) is 17.3 Å². The average Bonchev–Trinajstić information content (AvgIpc) is 3.14. The first-order chi connectivity index (χ1) is 13.0. The molecule has 1 aliphatic rings. The zero-order chi connectivity index (χ0) is 19.4. The highest BCUT2D eigenvalue weighted by Gasteiger charge is 2.23. The summed E-state index contributed by atoms with van der Waals surface area (Å²) >= 11 is 6.40. The van der Waals surface area contributed by atoms with E-state index in [2.05, 4.69) is 21.7 Å². The molecule has 3 rings (SSSR count). The van der Waals surface area contributed by atoms with Crippen molar-refractivity contribution < 1.29 is 14.1 Å². The molecule has 2 aromatic rings. The van der Waals surface area contributed by atoms with Crippen LogP contribution in [-0.2, 0) is 0 Å². The second kappa shape index (κ2) is 8.24. The predicted octanol–water partition coefficient (Wildman–Crippen LogP) is 3.40. The highest BCUT2D eigenvalue weighted by atomic mass is 35.5. The van der Waals surface area contributed by atoms with E-state index in [0.717, 1.165) is 44.5 Å². The molecule has 142 valence electrons. The van der Waals surface area contributed by atoms with Crippen molar-refractivity contribution >= 4 is 34.8 Å². The van der Waals surface area contributed by atoms with Gasteiger partial charge in [-0.15, -0.1) is 6.58 Å². The highest BCUT2D eigenvalue weighted by molar-refractivity contribution is 6.34. The zero-order valence-corrected chi connectivity index (χ0v) is 15.3. The van der Waals surface area contributed by atoms with Crippen LogP contribution < -0.4 is 10.2 Å². The minimum Gasteiger partial charge on any atom is -0.395 e. The van der Waals surface area contributed by atoms with Crippen molar-refractivity contribution in [3.63, 3.8) is 0 Å². The molecule has 9 heteroatoms. The molecule has 1 saturated heterocycles. The smallest absolute Gasteiger partial charge is 0.395 e. The molecule has 1 amide bonds. The number of para-hydroxylation sites is 1. The van der Waals surface area contributed by atoms with Gasteiger partial charge >= 0.3 is 5.88 Å². The summed E-state index contributed by atoms with van der Waals surface area (Å²) in [5.41, 5.74) is 1.26. The predicted molar refractivity (Wildman–Crippen MR) is 104 cm³/mol. The first-order valence-corrected chi connectivity index (χ1v) is 8.79. The SMILES string of the molecule is C=CCN1CCN(c2c(Cl)cccc2NC(=O)c2ccc([N+](=O)[O-])o2)CC1. The molecule has 0 radical (unpaired) electrons. The summed E-state index contributed by atoms with van der Waals surface area (Å²) in [7, 11) is 0. The number of nitrogens with one attached hydrogen (secondary N) is 1. The summed E-state index contributed by atoms with van der Waals surface area (Å²) < 4.78 is 4.96. The number of piperazine rings is 1. The standard InChI is InChI=1S/C18H19ClN4O4/c1-2-8-21-9-11-22(12-10-21)17-13(19)4-3-5-14(17)20-18(24)15-6-7-16(27-15)23(25)26/h2-7H,1,8-12H2,(H,20,24). The van der Waals surface area contributed by atoms with Gasteiger partial charge in [0, 0.05) is 32.7 Å². The monoisotopic (exact) mass is 390 g/mol. The van der Waals surface area contributed by atoms with Crippen LogP contribution in [0.2, 0.25) is 5.02 Å². The van der Waals surface area contributed by atoms with Crippen LogP contribution in [0, 0.1) is 10.1 Å². The van der Waals surface area contributed by atoms with Crippen molar-refractivity contribution in [3.05, 3.63) is 63.9 Å². The molecule has 1 aromatic carbocycles. The van der Waals surface area contributed by atoms with E-state index < -0.39 is 16.7 Å². The molecule has 0 saturated carbocycles. The first-order valence-electron chi connectivity index (χ1n) is 8.42. The van der Waals surface area contributed by atoms with Gasteiger partial charge in [-0.1, -0.05) is 23.7 Å². The van der Waals surface area contributed by atoms with Crippen LogP contribution >= 0.6 is 11.6 Å². The maximum atomic E-state index is 12.4. The molecular weight excluding hydrogens is 372 g/mol. The molecule has 0 unspecified atom stereocenters. The third-order valence-electron chi connectivity index (χ3n) is 4.31. The van der Waals surface area contributed by atoms with Crippen LogP contribution in [0.15, 0.2) is 47.4 Å². The molecular formula is C18H19ClN4O4. The molecule has 8 nitrogen and oxygen atoms in total. The Kier molecular flexibility index (Phi) is 5.78. The van der Waals surface area contributed by atoms with E-state index in [1.165, 1.54) is 6.07 Å². The second-order valence-electron chi connectivity index (χ2n) is 6.06. The first kappa shape index (κ1) is 18.9. The quantitative estimate of drug-likeness (QED) is 0.461. The van der Waals surface area contributed by atoms with Gasteiger partial charge in [-0.2, -0.15) is 0 Å². The maximum absolute atomic E-state index is 12.4. The Morgan fingerprint density at radius 1 is 1.30 bits per heavy atom. The number of amides is 1. The number of nitro groups is 1. The minimum absolute atomic E-state index is 0.136. The molecule has 0 aliphatic carbocycles. The van der Waals surface area contributed by atoms with Gasteiger partial charge in [0.1, 0.15) is 4.92 Å². The topological polar surface area (TPSA) is 91.9 Å². The van der Waals surface area contributed by atoms with E-state index in [9.17, 15) is 14.9 Å². The molecule has 1 N–H and O–H groups in total. The van der Waals surface area contributed by atoms with Gasteiger partial charge in [-0.3, -0.25) is 19.8 Å². The fraction of sp³-hybridized carbons (Fsp3) is 0.278. The summed E-state index contributed by atoms with van der Waals surface area (Å²) in [5.74, 6) is -1.19. The molecule has 1 aliphatic heterocycles. The molecule has 1 fully saturated rings. The molecule has 0 atom stereocenters. The number of halogens is 1. The van der Waals surface area contributed by atoms with E-state index >= 15 is 0 Å². The lowest BCUT2D eigenvalue weighted by Gasteiger charge is -2.36. The number of hydrogen-bond donors (Lipinski definition) is 1. The lowest BCUT2D eigenvalue weighted by atomic mass is 10.2. The highest BCUT2D eigenvalue weighted by Crippen LogP contribution is 2.35. The van der Waals surface area contributed by atoms with Crippen molar-refractivity contribution in [1.29, 1.82) is 0 Å². The van der Waals surface area contributed by atoms with Gasteiger partial charge < -0.3 is 14.6 Å². The summed E-state index contributed by atoms with van der Waals surface area (Å²) in [6.07, 6.45) is 1.87. The third-order valence-corrected chi connectivity index (χ3v) is 4.61. The molecule has 27 heavy (non-hydrogen) atoms. The normalized spacial score (nSPS) is 14.8. The lowest BCUT2D eigenvalue weighted by Crippen LogP contribution is -2.46. The van der Waals surface area contributed by atoms with Crippen LogP contribution in [0.3, 0.4) is 0 Å². The summed E-state index contributed by atoms with van der Waals surface area (Å²) in [5, 5.41) is 14.0. The molecule has 0 bridgehead atoms. The number of hydrogen-bond acceptors (Lipinski definition) is 6.